The van der Waals surface area contributed by atoms with E-state index in [9.17, 15) is 14.0 Å². The van der Waals surface area contributed by atoms with Gasteiger partial charge >= 0.3 is 0 Å². The molecular formula is C22H25ClFN3O2. The average molecular weight is 418 g/mol. The number of nitrogens with zero attached hydrogens (tertiary/aromatic N) is 1. The van der Waals surface area contributed by atoms with Crippen LogP contribution in [0.25, 0.3) is 0 Å². The van der Waals surface area contributed by atoms with Crippen molar-refractivity contribution >= 4 is 29.1 Å². The Labute approximate surface area is 175 Å². The third kappa shape index (κ3) is 6.19. The minimum atomic E-state index is -0.382. The van der Waals surface area contributed by atoms with Crippen molar-refractivity contribution in [3.05, 3.63) is 64.9 Å². The maximum absolute atomic E-state index is 13.0. The Morgan fingerprint density at radius 2 is 1.72 bits per heavy atom. The number of amides is 2. The number of carbonyl (C=O) groups is 2. The standard InChI is InChI=1S/C22H25ClFN3O2/c1-15(28)25-21(16-2-4-17(23)5-3-16)14-22(29)27-12-10-20(11-13-27)26-19-8-6-18(24)7-9-19/h2-9,20-21,26H,10-14H2,1H3,(H,25,28)/t21-/m1/s1. The Bertz CT molecular complexity index is 834. The number of hydrogen-bond donors (Lipinski definition) is 2. The number of likely N-dealkylation sites (tertiary alicyclic amines) is 1. The number of carbonyl (C=O) groups excluding carboxylic acids is 2. The number of nitrogens with one attached hydrogen (secondary N) is 2. The summed E-state index contributed by atoms with van der Waals surface area (Å²) in [7, 11) is 0. The highest BCUT2D eigenvalue weighted by atomic mass is 35.5. The first-order valence-electron chi connectivity index (χ1n) is 9.73. The Kier molecular flexibility index (Phi) is 7.09. The van der Waals surface area contributed by atoms with Gasteiger partial charge < -0.3 is 15.5 Å². The molecule has 1 fully saturated rings. The van der Waals surface area contributed by atoms with Crippen LogP contribution in [-0.2, 0) is 9.59 Å². The van der Waals surface area contributed by atoms with Crippen molar-refractivity contribution in [2.75, 3.05) is 18.4 Å². The topological polar surface area (TPSA) is 61.4 Å². The third-order valence-corrected chi connectivity index (χ3v) is 5.34. The molecule has 7 heteroatoms. The third-order valence-electron chi connectivity index (χ3n) is 5.09. The van der Waals surface area contributed by atoms with Gasteiger partial charge in [-0.3, -0.25) is 9.59 Å². The summed E-state index contributed by atoms with van der Waals surface area (Å²) in [6, 6.07) is 13.3. The Morgan fingerprint density at radius 3 is 2.31 bits per heavy atom. The first-order chi connectivity index (χ1) is 13.9. The molecule has 29 heavy (non-hydrogen) atoms. The van der Waals surface area contributed by atoms with E-state index in [1.165, 1.54) is 19.1 Å². The van der Waals surface area contributed by atoms with Gasteiger partial charge in [0.05, 0.1) is 12.5 Å². The fraction of sp³-hybridized carbons (Fsp3) is 0.364. The molecule has 1 saturated heterocycles. The van der Waals surface area contributed by atoms with Crippen LogP contribution in [0.1, 0.15) is 37.8 Å². The van der Waals surface area contributed by atoms with Gasteiger partial charge in [-0.25, -0.2) is 4.39 Å². The summed E-state index contributed by atoms with van der Waals surface area (Å²) in [4.78, 5) is 26.3. The lowest BCUT2D eigenvalue weighted by atomic mass is 10.0. The maximum Gasteiger partial charge on any atom is 0.224 e. The molecule has 5 nitrogen and oxygen atoms in total. The van der Waals surface area contributed by atoms with Crippen LogP contribution in [-0.4, -0.2) is 35.8 Å². The Hall–Kier alpha value is -2.60. The van der Waals surface area contributed by atoms with E-state index in [0.29, 0.717) is 18.1 Å². The van der Waals surface area contributed by atoms with E-state index in [-0.39, 0.29) is 36.1 Å². The lowest BCUT2D eigenvalue weighted by Gasteiger charge is -2.34. The molecule has 2 amide bonds. The molecule has 2 aromatic rings. The van der Waals surface area contributed by atoms with Crippen molar-refractivity contribution in [2.45, 2.75) is 38.3 Å². The molecule has 154 valence electrons. The molecule has 2 aromatic carbocycles. The van der Waals surface area contributed by atoms with Gasteiger partial charge in [-0.1, -0.05) is 23.7 Å². The van der Waals surface area contributed by atoms with Gasteiger partial charge in [0.15, 0.2) is 0 Å². The van der Waals surface area contributed by atoms with Crippen LogP contribution in [0.3, 0.4) is 0 Å². The first-order valence-corrected chi connectivity index (χ1v) is 10.1. The van der Waals surface area contributed by atoms with E-state index in [1.54, 1.807) is 24.3 Å². The molecule has 0 unspecified atom stereocenters. The molecular weight excluding hydrogens is 393 g/mol. The van der Waals surface area contributed by atoms with E-state index in [1.807, 2.05) is 17.0 Å². The minimum absolute atomic E-state index is 0.0129. The van der Waals surface area contributed by atoms with Crippen molar-refractivity contribution in [2.24, 2.45) is 0 Å². The van der Waals surface area contributed by atoms with E-state index < -0.39 is 0 Å². The van der Waals surface area contributed by atoms with Crippen LogP contribution in [0.4, 0.5) is 10.1 Å². The summed E-state index contributed by atoms with van der Waals surface area (Å²) in [5.41, 5.74) is 1.73. The quantitative estimate of drug-likeness (QED) is 0.742. The zero-order chi connectivity index (χ0) is 20.8. The van der Waals surface area contributed by atoms with Gasteiger partial charge in [-0.2, -0.15) is 0 Å². The van der Waals surface area contributed by atoms with Crippen molar-refractivity contribution < 1.29 is 14.0 Å². The van der Waals surface area contributed by atoms with Gasteiger partial charge in [0.1, 0.15) is 5.82 Å². The van der Waals surface area contributed by atoms with E-state index >= 15 is 0 Å². The average Bonchev–Trinajstić information content (AvgIpc) is 2.70. The number of hydrogen-bond acceptors (Lipinski definition) is 3. The van der Waals surface area contributed by atoms with E-state index in [2.05, 4.69) is 10.6 Å². The second-order valence-corrected chi connectivity index (χ2v) is 7.75. The second-order valence-electron chi connectivity index (χ2n) is 7.32. The highest BCUT2D eigenvalue weighted by Gasteiger charge is 2.25. The number of anilines is 1. The van der Waals surface area contributed by atoms with Crippen molar-refractivity contribution in [1.29, 1.82) is 0 Å². The fourth-order valence-corrected chi connectivity index (χ4v) is 3.68. The SMILES string of the molecule is CC(=O)N[C@H](CC(=O)N1CCC(Nc2ccc(F)cc2)CC1)c1ccc(Cl)cc1. The van der Waals surface area contributed by atoms with Crippen LogP contribution in [0.5, 0.6) is 0 Å². The molecule has 0 aromatic heterocycles. The van der Waals surface area contributed by atoms with Gasteiger partial charge in [0, 0.05) is 36.8 Å². The summed E-state index contributed by atoms with van der Waals surface area (Å²) in [6.07, 6.45) is 1.83. The van der Waals surface area contributed by atoms with Crippen molar-refractivity contribution in [1.82, 2.24) is 10.2 Å². The summed E-state index contributed by atoms with van der Waals surface area (Å²) in [5.74, 6) is -0.427. The Morgan fingerprint density at radius 1 is 1.10 bits per heavy atom. The number of piperidine rings is 1. The highest BCUT2D eigenvalue weighted by Crippen LogP contribution is 2.23. The van der Waals surface area contributed by atoms with E-state index in [4.69, 9.17) is 11.6 Å². The van der Waals surface area contributed by atoms with Crippen molar-refractivity contribution in [3.8, 4) is 0 Å². The molecule has 1 heterocycles. The zero-order valence-electron chi connectivity index (χ0n) is 16.3. The minimum Gasteiger partial charge on any atom is -0.382 e. The number of halogens is 2. The van der Waals surface area contributed by atoms with Crippen LogP contribution < -0.4 is 10.6 Å². The molecule has 0 saturated carbocycles. The predicted octanol–water partition coefficient (Wildman–Crippen LogP) is 4.15. The molecule has 1 atom stereocenters. The Balaban J connectivity index is 1.55. The number of benzene rings is 2. The van der Waals surface area contributed by atoms with E-state index in [0.717, 1.165) is 24.1 Å². The summed E-state index contributed by atoms with van der Waals surface area (Å²) < 4.78 is 13.0. The highest BCUT2D eigenvalue weighted by molar-refractivity contribution is 6.30. The largest absolute Gasteiger partial charge is 0.382 e. The van der Waals surface area contributed by atoms with Crippen LogP contribution in [0, 0.1) is 5.82 Å². The molecule has 0 spiro atoms. The molecule has 0 radical (unpaired) electrons. The molecule has 2 N–H and O–H groups in total. The monoisotopic (exact) mass is 417 g/mol. The van der Waals surface area contributed by atoms with Crippen LogP contribution in [0.2, 0.25) is 5.02 Å². The summed E-state index contributed by atoms with van der Waals surface area (Å²) in [5, 5.41) is 6.86. The molecule has 3 rings (SSSR count). The first kappa shape index (κ1) is 21.1. The molecule has 0 aliphatic carbocycles. The maximum atomic E-state index is 13.0. The summed E-state index contributed by atoms with van der Waals surface area (Å²) in [6.45, 7) is 2.73. The molecule has 1 aliphatic heterocycles. The fourth-order valence-electron chi connectivity index (χ4n) is 3.55. The van der Waals surface area contributed by atoms with Gasteiger partial charge in [0.25, 0.3) is 0 Å². The van der Waals surface area contributed by atoms with Gasteiger partial charge in [-0.05, 0) is 54.8 Å². The van der Waals surface area contributed by atoms with Crippen molar-refractivity contribution in [3.63, 3.8) is 0 Å². The number of rotatable bonds is 6. The molecule has 0 bridgehead atoms. The lowest BCUT2D eigenvalue weighted by Crippen LogP contribution is -2.43. The lowest BCUT2D eigenvalue weighted by molar-refractivity contribution is -0.133. The van der Waals surface area contributed by atoms with Crippen LogP contribution in [0.15, 0.2) is 48.5 Å². The second kappa shape index (κ2) is 9.74. The summed E-state index contributed by atoms with van der Waals surface area (Å²) >= 11 is 5.94. The molecule has 1 aliphatic rings. The normalized spacial score (nSPS) is 15.6. The van der Waals surface area contributed by atoms with Crippen LogP contribution >= 0.6 is 11.6 Å². The predicted molar refractivity (Wildman–Crippen MR) is 112 cm³/mol. The van der Waals surface area contributed by atoms with Gasteiger partial charge in [0.2, 0.25) is 11.8 Å². The van der Waals surface area contributed by atoms with Gasteiger partial charge in [-0.15, -0.1) is 0 Å². The smallest absolute Gasteiger partial charge is 0.224 e. The zero-order valence-corrected chi connectivity index (χ0v) is 17.1.